The topological polar surface area (TPSA) is 82.5 Å². The van der Waals surface area contributed by atoms with Crippen LogP contribution in [0.25, 0.3) is 0 Å². The normalized spacial score (nSPS) is 13.8. The molecule has 30 heavy (non-hydrogen) atoms. The largest absolute Gasteiger partial charge is 0.478 e. The molecular formula is C23H23N3O3S. The molecule has 0 spiro atoms. The number of nitrogens with zero attached hydrogens (tertiary/aromatic N) is 2. The lowest BCUT2D eigenvalue weighted by molar-refractivity contribution is 0.0696. The fraction of sp³-hybridized carbons (Fsp3) is 0.261. The fourth-order valence-electron chi connectivity index (χ4n) is 3.59. The van der Waals surface area contributed by atoms with Gasteiger partial charge < -0.3 is 15.3 Å². The second kappa shape index (κ2) is 9.09. The Kier molecular flexibility index (Phi) is 6.09. The molecule has 7 heteroatoms. The summed E-state index contributed by atoms with van der Waals surface area (Å²) in [4.78, 5) is 31.0. The van der Waals surface area contributed by atoms with Crippen molar-refractivity contribution < 1.29 is 14.7 Å². The van der Waals surface area contributed by atoms with Crippen LogP contribution >= 0.6 is 11.3 Å². The molecule has 0 radical (unpaired) electrons. The van der Waals surface area contributed by atoms with E-state index in [9.17, 15) is 9.59 Å². The number of benzene rings is 2. The van der Waals surface area contributed by atoms with Crippen LogP contribution < -0.4 is 10.2 Å². The number of rotatable bonds is 6. The van der Waals surface area contributed by atoms with Crippen molar-refractivity contribution in [1.29, 1.82) is 0 Å². The third-order valence-corrected chi connectivity index (χ3v) is 6.14. The number of piperidine rings is 1. The minimum Gasteiger partial charge on any atom is -0.478 e. The van der Waals surface area contributed by atoms with Crippen LogP contribution in [0.15, 0.2) is 53.9 Å². The number of carbonyl (C=O) groups excluding carboxylic acids is 1. The van der Waals surface area contributed by atoms with Gasteiger partial charge in [-0.3, -0.25) is 4.79 Å². The number of anilines is 2. The van der Waals surface area contributed by atoms with Gasteiger partial charge in [-0.15, -0.1) is 11.3 Å². The molecule has 6 nitrogen and oxygen atoms in total. The second-order valence-electron chi connectivity index (χ2n) is 7.34. The van der Waals surface area contributed by atoms with Crippen molar-refractivity contribution in [3.8, 4) is 0 Å². The molecule has 0 aliphatic carbocycles. The molecule has 2 heterocycles. The quantitative estimate of drug-likeness (QED) is 0.604. The first kappa shape index (κ1) is 20.1. The van der Waals surface area contributed by atoms with E-state index in [0.717, 1.165) is 29.5 Å². The van der Waals surface area contributed by atoms with E-state index in [1.54, 1.807) is 29.5 Å². The van der Waals surface area contributed by atoms with Gasteiger partial charge in [-0.05, 0) is 55.2 Å². The molecule has 4 rings (SSSR count). The highest BCUT2D eigenvalue weighted by Crippen LogP contribution is 2.26. The number of thiazole rings is 1. The van der Waals surface area contributed by atoms with Gasteiger partial charge in [0.05, 0.1) is 11.3 Å². The van der Waals surface area contributed by atoms with Crippen molar-refractivity contribution in [2.45, 2.75) is 25.7 Å². The number of nitrogens with one attached hydrogen (secondary N) is 1. The highest BCUT2D eigenvalue weighted by Gasteiger charge is 2.16. The van der Waals surface area contributed by atoms with Crippen LogP contribution in [-0.2, 0) is 6.42 Å². The summed E-state index contributed by atoms with van der Waals surface area (Å²) in [5.74, 6) is -1.22. The minimum atomic E-state index is -0.995. The standard InChI is InChI=1S/C23H23N3O3S/c27-21(24-18-10-8-16(9-11-18)22(28)29)20-7-3-2-6-17(20)14-19-15-30-23(25-19)26-12-4-1-5-13-26/h2-3,6-11,15H,1,4-5,12-14H2,(H,24,27)(H,28,29). The lowest BCUT2D eigenvalue weighted by Gasteiger charge is -2.25. The summed E-state index contributed by atoms with van der Waals surface area (Å²) in [6.07, 6.45) is 4.30. The van der Waals surface area contributed by atoms with Gasteiger partial charge >= 0.3 is 5.97 Å². The van der Waals surface area contributed by atoms with E-state index < -0.39 is 5.97 Å². The van der Waals surface area contributed by atoms with Crippen LogP contribution in [-0.4, -0.2) is 35.1 Å². The Balaban J connectivity index is 1.47. The first-order valence-electron chi connectivity index (χ1n) is 10.0. The number of carboxylic acid groups (broad SMARTS) is 1. The Bertz CT molecular complexity index is 1040. The highest BCUT2D eigenvalue weighted by atomic mass is 32.1. The zero-order chi connectivity index (χ0) is 20.9. The van der Waals surface area contributed by atoms with Gasteiger partial charge in [0.2, 0.25) is 0 Å². The maximum Gasteiger partial charge on any atom is 0.335 e. The van der Waals surface area contributed by atoms with Gasteiger partial charge in [0.15, 0.2) is 5.13 Å². The van der Waals surface area contributed by atoms with Crippen molar-refractivity contribution in [1.82, 2.24) is 4.98 Å². The summed E-state index contributed by atoms with van der Waals surface area (Å²) in [6.45, 7) is 2.12. The first-order valence-corrected chi connectivity index (χ1v) is 10.9. The van der Waals surface area contributed by atoms with Gasteiger partial charge in [-0.25, -0.2) is 9.78 Å². The molecule has 1 amide bonds. The molecule has 154 valence electrons. The van der Waals surface area contributed by atoms with Crippen molar-refractivity contribution in [3.05, 3.63) is 76.3 Å². The van der Waals surface area contributed by atoms with Gasteiger partial charge in [0.25, 0.3) is 5.91 Å². The lowest BCUT2D eigenvalue weighted by atomic mass is 10.0. The average molecular weight is 422 g/mol. The summed E-state index contributed by atoms with van der Waals surface area (Å²) in [5, 5.41) is 15.0. The van der Waals surface area contributed by atoms with E-state index in [-0.39, 0.29) is 11.5 Å². The van der Waals surface area contributed by atoms with E-state index in [2.05, 4.69) is 15.6 Å². The Morgan fingerprint density at radius 2 is 1.77 bits per heavy atom. The molecular weight excluding hydrogens is 398 g/mol. The van der Waals surface area contributed by atoms with Gasteiger partial charge in [-0.1, -0.05) is 18.2 Å². The summed E-state index contributed by atoms with van der Waals surface area (Å²) in [7, 11) is 0. The zero-order valence-corrected chi connectivity index (χ0v) is 17.3. The average Bonchev–Trinajstić information content (AvgIpc) is 3.23. The number of carbonyl (C=O) groups is 2. The maximum atomic E-state index is 12.8. The fourth-order valence-corrected chi connectivity index (χ4v) is 4.47. The van der Waals surface area contributed by atoms with Crippen LogP contribution in [0, 0.1) is 0 Å². The number of carboxylic acids is 1. The molecule has 0 saturated carbocycles. The van der Waals surface area contributed by atoms with E-state index in [1.807, 2.05) is 18.2 Å². The predicted octanol–water partition coefficient (Wildman–Crippen LogP) is 4.67. The number of amides is 1. The van der Waals surface area contributed by atoms with Crippen molar-refractivity contribution in [2.75, 3.05) is 23.3 Å². The van der Waals surface area contributed by atoms with E-state index >= 15 is 0 Å². The van der Waals surface area contributed by atoms with Crippen molar-refractivity contribution >= 4 is 34.0 Å². The van der Waals surface area contributed by atoms with E-state index in [1.165, 1.54) is 31.4 Å². The van der Waals surface area contributed by atoms with Gasteiger partial charge in [-0.2, -0.15) is 0 Å². The van der Waals surface area contributed by atoms with Gasteiger partial charge in [0, 0.05) is 36.1 Å². The molecule has 1 saturated heterocycles. The monoisotopic (exact) mass is 421 g/mol. The predicted molar refractivity (Wildman–Crippen MR) is 119 cm³/mol. The molecule has 2 aromatic carbocycles. The first-order chi connectivity index (χ1) is 14.6. The minimum absolute atomic E-state index is 0.182. The summed E-state index contributed by atoms with van der Waals surface area (Å²) < 4.78 is 0. The van der Waals surface area contributed by atoms with Crippen LogP contribution in [0.4, 0.5) is 10.8 Å². The highest BCUT2D eigenvalue weighted by molar-refractivity contribution is 7.13. The van der Waals surface area contributed by atoms with Crippen LogP contribution in [0.3, 0.4) is 0 Å². The number of aromatic carboxylic acids is 1. The van der Waals surface area contributed by atoms with Crippen molar-refractivity contribution in [3.63, 3.8) is 0 Å². The Morgan fingerprint density at radius 1 is 1.03 bits per heavy atom. The van der Waals surface area contributed by atoms with Gasteiger partial charge in [0.1, 0.15) is 0 Å². The second-order valence-corrected chi connectivity index (χ2v) is 8.18. The molecule has 2 N–H and O–H groups in total. The number of hydrogen-bond donors (Lipinski definition) is 2. The Labute approximate surface area is 179 Å². The maximum absolute atomic E-state index is 12.8. The third-order valence-electron chi connectivity index (χ3n) is 5.19. The molecule has 0 bridgehead atoms. The molecule has 1 aliphatic rings. The SMILES string of the molecule is O=C(O)c1ccc(NC(=O)c2ccccc2Cc2csc(N3CCCCC3)n2)cc1. The molecule has 1 aromatic heterocycles. The molecule has 0 unspecified atom stereocenters. The van der Waals surface area contributed by atoms with Crippen LogP contribution in [0.5, 0.6) is 0 Å². The summed E-state index contributed by atoms with van der Waals surface area (Å²) in [5.41, 5.74) is 3.20. The lowest BCUT2D eigenvalue weighted by Crippen LogP contribution is -2.29. The Hall–Kier alpha value is -3.19. The number of hydrogen-bond acceptors (Lipinski definition) is 5. The zero-order valence-electron chi connectivity index (χ0n) is 16.5. The van der Waals surface area contributed by atoms with Crippen molar-refractivity contribution in [2.24, 2.45) is 0 Å². The van der Waals surface area contributed by atoms with E-state index in [0.29, 0.717) is 17.7 Å². The molecule has 1 fully saturated rings. The third kappa shape index (κ3) is 4.68. The van der Waals surface area contributed by atoms with E-state index in [4.69, 9.17) is 10.1 Å². The summed E-state index contributed by atoms with van der Waals surface area (Å²) >= 11 is 1.66. The molecule has 3 aromatic rings. The van der Waals surface area contributed by atoms with Crippen LogP contribution in [0.2, 0.25) is 0 Å². The smallest absolute Gasteiger partial charge is 0.335 e. The molecule has 1 aliphatic heterocycles. The Morgan fingerprint density at radius 3 is 2.50 bits per heavy atom. The number of aromatic nitrogens is 1. The molecule has 0 atom stereocenters. The van der Waals surface area contributed by atoms with Crippen LogP contribution in [0.1, 0.15) is 51.2 Å². The summed E-state index contributed by atoms with van der Waals surface area (Å²) in [6, 6.07) is 13.6.